The number of nitrogens with zero attached hydrogens (tertiary/aromatic N) is 5. The number of hydrogen-bond donors (Lipinski definition) is 0. The number of benzene rings is 2. The lowest BCUT2D eigenvalue weighted by Crippen LogP contribution is -2.39. The topological polar surface area (TPSA) is 80.6 Å². The molecule has 1 fully saturated rings. The molecule has 0 amide bonds. The van der Waals surface area contributed by atoms with Gasteiger partial charge in [-0.2, -0.15) is 17.0 Å². The zero-order valence-electron chi connectivity index (χ0n) is 19.3. The minimum absolute atomic E-state index is 0.145. The zero-order valence-corrected chi connectivity index (χ0v) is 20.8. The van der Waals surface area contributed by atoms with Crippen LogP contribution < -0.4 is 4.74 Å². The lowest BCUT2D eigenvalue weighted by molar-refractivity contribution is 0.144. The molecule has 0 bridgehead atoms. The molecule has 34 heavy (non-hydrogen) atoms. The van der Waals surface area contributed by atoms with Crippen molar-refractivity contribution in [2.24, 2.45) is 0 Å². The van der Waals surface area contributed by atoms with Gasteiger partial charge in [0.15, 0.2) is 5.82 Å². The number of aromatic nitrogens is 3. The summed E-state index contributed by atoms with van der Waals surface area (Å²) in [4.78, 5) is 0. The van der Waals surface area contributed by atoms with Gasteiger partial charge in [-0.3, -0.25) is 4.57 Å². The smallest absolute Gasteiger partial charge is 0.282 e. The van der Waals surface area contributed by atoms with Gasteiger partial charge in [0.1, 0.15) is 11.6 Å². The third-order valence-corrected chi connectivity index (χ3v) is 8.64. The standard InChI is InChI=1S/C24H28ClN5O3S/c1-28(2)34(31,32)29-15-18-14-19(25)10-13-22(18)30-23(16-29)26-27-24(30)17-8-11-21(12-9-17)33-20-6-4-3-5-7-20/h3-7,10,13-14,17,21H,8-9,11-12,15-16H2,1-2H3/t17-,21-. The van der Waals surface area contributed by atoms with E-state index >= 15 is 0 Å². The highest BCUT2D eigenvalue weighted by molar-refractivity contribution is 7.86. The van der Waals surface area contributed by atoms with E-state index in [-0.39, 0.29) is 25.1 Å². The van der Waals surface area contributed by atoms with E-state index in [0.717, 1.165) is 48.5 Å². The van der Waals surface area contributed by atoms with Crippen LogP contribution in [0.3, 0.4) is 0 Å². The normalized spacial score (nSPS) is 21.1. The van der Waals surface area contributed by atoms with Crippen LogP contribution in [0.25, 0.3) is 5.69 Å². The van der Waals surface area contributed by atoms with Crippen LogP contribution in [0.2, 0.25) is 5.02 Å². The monoisotopic (exact) mass is 501 g/mol. The minimum Gasteiger partial charge on any atom is -0.490 e. The van der Waals surface area contributed by atoms with Crippen molar-refractivity contribution in [1.82, 2.24) is 23.4 Å². The van der Waals surface area contributed by atoms with E-state index < -0.39 is 10.2 Å². The summed E-state index contributed by atoms with van der Waals surface area (Å²) in [5, 5.41) is 9.57. The van der Waals surface area contributed by atoms with Gasteiger partial charge in [-0.25, -0.2) is 0 Å². The maximum atomic E-state index is 13.0. The first-order valence-corrected chi connectivity index (χ1v) is 13.2. The number of rotatable bonds is 5. The summed E-state index contributed by atoms with van der Waals surface area (Å²) in [5.41, 5.74) is 1.72. The SMILES string of the molecule is CN(C)S(=O)(=O)N1Cc2cc(Cl)ccc2-n2c(nnc2[C@H]2CC[C@H](Oc3ccccc3)CC2)C1. The predicted molar refractivity (Wildman–Crippen MR) is 130 cm³/mol. The molecule has 5 rings (SSSR count). The molecule has 0 spiro atoms. The van der Waals surface area contributed by atoms with Gasteiger partial charge in [-0.15, -0.1) is 10.2 Å². The average molecular weight is 502 g/mol. The maximum absolute atomic E-state index is 13.0. The molecular weight excluding hydrogens is 474 g/mol. The number of ether oxygens (including phenoxy) is 1. The van der Waals surface area contributed by atoms with Gasteiger partial charge in [-0.05, 0) is 61.6 Å². The summed E-state index contributed by atoms with van der Waals surface area (Å²) in [7, 11) is -0.582. The molecule has 3 aromatic rings. The van der Waals surface area contributed by atoms with Gasteiger partial charge in [0, 0.05) is 31.6 Å². The number of fused-ring (bicyclic) bond motifs is 3. The van der Waals surface area contributed by atoms with Crippen LogP contribution in [-0.4, -0.2) is 52.0 Å². The molecule has 0 radical (unpaired) electrons. The van der Waals surface area contributed by atoms with Crippen molar-refractivity contribution in [3.8, 4) is 11.4 Å². The Morgan fingerprint density at radius 2 is 1.74 bits per heavy atom. The third-order valence-electron chi connectivity index (χ3n) is 6.58. The lowest BCUT2D eigenvalue weighted by Gasteiger charge is -2.29. The molecule has 1 saturated carbocycles. The van der Waals surface area contributed by atoms with Crippen LogP contribution in [0.15, 0.2) is 48.5 Å². The van der Waals surface area contributed by atoms with Crippen molar-refractivity contribution in [3.63, 3.8) is 0 Å². The molecule has 0 atom stereocenters. The molecule has 180 valence electrons. The fourth-order valence-corrected chi connectivity index (χ4v) is 6.02. The summed E-state index contributed by atoms with van der Waals surface area (Å²) in [5.74, 6) is 2.61. The van der Waals surface area contributed by atoms with Crippen molar-refractivity contribution in [2.75, 3.05) is 14.1 Å². The van der Waals surface area contributed by atoms with E-state index in [4.69, 9.17) is 16.3 Å². The fourth-order valence-electron chi connectivity index (χ4n) is 4.79. The Bertz CT molecular complexity index is 1270. The Morgan fingerprint density at radius 3 is 2.44 bits per heavy atom. The number of hydrogen-bond acceptors (Lipinski definition) is 5. The molecule has 2 heterocycles. The Kier molecular flexibility index (Phi) is 6.37. The van der Waals surface area contributed by atoms with Crippen molar-refractivity contribution in [2.45, 2.75) is 50.8 Å². The third kappa shape index (κ3) is 4.45. The largest absolute Gasteiger partial charge is 0.490 e. The molecule has 2 aliphatic rings. The second kappa shape index (κ2) is 9.30. The quantitative estimate of drug-likeness (QED) is 0.524. The first-order chi connectivity index (χ1) is 16.3. The predicted octanol–water partition coefficient (Wildman–Crippen LogP) is 4.15. The van der Waals surface area contributed by atoms with Gasteiger partial charge in [-0.1, -0.05) is 29.8 Å². The summed E-state index contributed by atoms with van der Waals surface area (Å²) >= 11 is 6.29. The summed E-state index contributed by atoms with van der Waals surface area (Å²) in [6.45, 7) is 0.364. The van der Waals surface area contributed by atoms with E-state index in [2.05, 4.69) is 10.2 Å². The molecule has 2 aromatic carbocycles. The second-order valence-corrected chi connectivity index (χ2v) is 11.6. The van der Waals surface area contributed by atoms with Crippen LogP contribution in [0, 0.1) is 0 Å². The summed E-state index contributed by atoms with van der Waals surface area (Å²) < 4.78 is 36.8. The molecule has 10 heteroatoms. The average Bonchev–Trinajstić information content (AvgIpc) is 3.15. The first kappa shape index (κ1) is 23.3. The van der Waals surface area contributed by atoms with E-state index in [9.17, 15) is 8.42 Å². The van der Waals surface area contributed by atoms with Crippen molar-refractivity contribution in [3.05, 3.63) is 70.8 Å². The molecule has 1 aromatic heterocycles. The van der Waals surface area contributed by atoms with Crippen LogP contribution in [0.1, 0.15) is 48.8 Å². The second-order valence-electron chi connectivity index (χ2n) is 9.05. The van der Waals surface area contributed by atoms with Gasteiger partial charge in [0.2, 0.25) is 0 Å². The molecule has 1 aliphatic carbocycles. The van der Waals surface area contributed by atoms with Gasteiger partial charge in [0.05, 0.1) is 18.3 Å². The van der Waals surface area contributed by atoms with Crippen LogP contribution in [0.4, 0.5) is 0 Å². The Hall–Kier alpha value is -2.46. The minimum atomic E-state index is -3.65. The molecule has 0 saturated heterocycles. The number of para-hydroxylation sites is 1. The van der Waals surface area contributed by atoms with E-state index in [1.54, 1.807) is 0 Å². The maximum Gasteiger partial charge on any atom is 0.282 e. The van der Waals surface area contributed by atoms with Crippen molar-refractivity contribution < 1.29 is 13.2 Å². The molecule has 0 N–H and O–H groups in total. The zero-order chi connectivity index (χ0) is 23.9. The van der Waals surface area contributed by atoms with Gasteiger partial charge < -0.3 is 4.74 Å². The molecule has 1 aliphatic heterocycles. The summed E-state index contributed by atoms with van der Waals surface area (Å²) in [6.07, 6.45) is 3.89. The van der Waals surface area contributed by atoms with E-state index in [1.165, 1.54) is 22.7 Å². The lowest BCUT2D eigenvalue weighted by atomic mass is 9.86. The first-order valence-electron chi connectivity index (χ1n) is 11.4. The Balaban J connectivity index is 1.44. The molecular formula is C24H28ClN5O3S. The van der Waals surface area contributed by atoms with E-state index in [1.807, 2.05) is 53.1 Å². The Labute approximate surface area is 205 Å². The van der Waals surface area contributed by atoms with Crippen molar-refractivity contribution >= 4 is 21.8 Å². The highest BCUT2D eigenvalue weighted by atomic mass is 35.5. The molecule has 0 unspecified atom stereocenters. The van der Waals surface area contributed by atoms with E-state index in [0.29, 0.717) is 10.8 Å². The molecule has 8 nitrogen and oxygen atoms in total. The summed E-state index contributed by atoms with van der Waals surface area (Å²) in [6, 6.07) is 15.5. The van der Waals surface area contributed by atoms with Crippen LogP contribution in [-0.2, 0) is 23.3 Å². The van der Waals surface area contributed by atoms with Crippen molar-refractivity contribution in [1.29, 1.82) is 0 Å². The Morgan fingerprint density at radius 1 is 1.00 bits per heavy atom. The van der Waals surface area contributed by atoms with Gasteiger partial charge in [0.25, 0.3) is 10.2 Å². The number of halogens is 1. The highest BCUT2D eigenvalue weighted by Gasteiger charge is 2.34. The van der Waals surface area contributed by atoms with Crippen LogP contribution in [0.5, 0.6) is 5.75 Å². The van der Waals surface area contributed by atoms with Crippen LogP contribution >= 0.6 is 11.6 Å². The fraction of sp³-hybridized carbons (Fsp3) is 0.417. The van der Waals surface area contributed by atoms with Gasteiger partial charge >= 0.3 is 0 Å². The highest BCUT2D eigenvalue weighted by Crippen LogP contribution is 2.37.